The second-order valence-electron chi connectivity index (χ2n) is 11.6. The monoisotopic (exact) mass is 521 g/mol. The number of aromatic carboxylic acids is 1. The molecule has 194 valence electrons. The maximum atomic E-state index is 13.9. The lowest BCUT2D eigenvalue weighted by Crippen LogP contribution is -2.47. The molecule has 0 atom stereocenters. The molecule has 6 nitrogen and oxygen atoms in total. The molecule has 3 rings (SSSR count). The van der Waals surface area contributed by atoms with E-state index in [0.717, 1.165) is 37.0 Å². The summed E-state index contributed by atoms with van der Waals surface area (Å²) >= 11 is 1.14. The van der Waals surface area contributed by atoms with Gasteiger partial charge in [0.2, 0.25) is 5.91 Å². The van der Waals surface area contributed by atoms with Crippen LogP contribution < -0.4 is 4.90 Å². The molecule has 1 aromatic heterocycles. The van der Waals surface area contributed by atoms with Crippen LogP contribution in [0, 0.1) is 29.1 Å². The van der Waals surface area contributed by atoms with Crippen molar-refractivity contribution in [3.05, 3.63) is 15.8 Å². The maximum Gasteiger partial charge on any atom is 0.348 e. The molecule has 1 aromatic rings. The average Bonchev–Trinajstić information content (AvgIpc) is 3.17. The number of carbonyl (C=O) groups excluding carboxylic acids is 1. The summed E-state index contributed by atoms with van der Waals surface area (Å²) in [6.45, 7) is 11.5. The number of amides is 1. The molecule has 0 saturated heterocycles. The first kappa shape index (κ1) is 28.0. The Kier molecular flexibility index (Phi) is 8.95. The van der Waals surface area contributed by atoms with Crippen LogP contribution in [-0.2, 0) is 13.9 Å². The van der Waals surface area contributed by atoms with Gasteiger partial charge in [-0.05, 0) is 84.1 Å². The van der Waals surface area contributed by atoms with Gasteiger partial charge < -0.3 is 14.5 Å². The molecule has 0 bridgehead atoms. The Hall–Kier alpha value is -1.61. The van der Waals surface area contributed by atoms with Gasteiger partial charge in [-0.25, -0.2) is 4.79 Å². The molecule has 2 saturated carbocycles. The van der Waals surface area contributed by atoms with E-state index in [-0.39, 0.29) is 34.3 Å². The summed E-state index contributed by atoms with van der Waals surface area (Å²) < 4.78 is 17.9. The van der Waals surface area contributed by atoms with Crippen molar-refractivity contribution in [2.75, 3.05) is 18.2 Å². The number of rotatable bonds is 6. The summed E-state index contributed by atoms with van der Waals surface area (Å²) in [5.41, 5.74) is 0.267. The first-order chi connectivity index (χ1) is 16.2. The normalized spacial score (nSPS) is 25.4. The van der Waals surface area contributed by atoms with E-state index in [9.17, 15) is 19.3 Å². The lowest BCUT2D eigenvalue weighted by Gasteiger charge is -2.39. The second kappa shape index (κ2) is 11.2. The van der Waals surface area contributed by atoms with Gasteiger partial charge in [0.25, 0.3) is 0 Å². The van der Waals surface area contributed by atoms with Crippen LogP contribution in [0.3, 0.4) is 0 Å². The molecule has 1 amide bonds. The minimum atomic E-state index is -2.59. The molecule has 2 fully saturated rings. The van der Waals surface area contributed by atoms with Gasteiger partial charge in [-0.2, -0.15) is 0 Å². The van der Waals surface area contributed by atoms with Crippen LogP contribution in [0.5, 0.6) is 0 Å². The Morgan fingerprint density at radius 1 is 1.09 bits per heavy atom. The predicted octanol–water partition coefficient (Wildman–Crippen LogP) is 6.87. The molecule has 0 unspecified atom stereocenters. The van der Waals surface area contributed by atoms with Crippen LogP contribution in [0.15, 0.2) is 6.07 Å². The molecule has 35 heavy (non-hydrogen) atoms. The third-order valence-electron chi connectivity index (χ3n) is 6.74. The number of carboxylic acid groups (broad SMARTS) is 1. The second-order valence-corrected chi connectivity index (χ2v) is 15.4. The average molecular weight is 522 g/mol. The molecule has 0 spiro atoms. The predicted molar refractivity (Wildman–Crippen MR) is 143 cm³/mol. The third kappa shape index (κ3) is 7.94. The first-order valence-electron chi connectivity index (χ1n) is 12.7. The van der Waals surface area contributed by atoms with E-state index in [1.54, 1.807) is 24.3 Å². The Balaban J connectivity index is 1.95. The standard InChI is InChI=1S/C27H40NO5PS/c1-18-7-9-19(10-8-18)25(29)28(20-11-13-21(14-12-20)33-34(5,6)32)23-17-22(15-16-27(2,3)4)35-24(23)26(30)31/h17-21H,7-14H2,1-6H3,(H,30,31)/t18-,19-,20-,21+. The van der Waals surface area contributed by atoms with Gasteiger partial charge in [-0.1, -0.05) is 18.8 Å². The summed E-state index contributed by atoms with van der Waals surface area (Å²) in [5.74, 6) is 5.85. The minimum absolute atomic E-state index is 0.0357. The highest BCUT2D eigenvalue weighted by Gasteiger charge is 2.38. The van der Waals surface area contributed by atoms with Gasteiger partial charge in [0.05, 0.1) is 16.7 Å². The van der Waals surface area contributed by atoms with E-state index in [4.69, 9.17) is 4.52 Å². The van der Waals surface area contributed by atoms with Gasteiger partial charge >= 0.3 is 5.97 Å². The van der Waals surface area contributed by atoms with Gasteiger partial charge in [0.15, 0.2) is 7.37 Å². The van der Waals surface area contributed by atoms with Crippen LogP contribution in [0.2, 0.25) is 0 Å². The van der Waals surface area contributed by atoms with Crippen molar-refractivity contribution in [2.45, 2.75) is 91.2 Å². The minimum Gasteiger partial charge on any atom is -0.477 e. The number of thiophene rings is 1. The number of nitrogens with zero attached hydrogens (tertiary/aromatic N) is 1. The smallest absolute Gasteiger partial charge is 0.348 e. The number of carbonyl (C=O) groups is 2. The zero-order valence-corrected chi connectivity index (χ0v) is 23.6. The fourth-order valence-electron chi connectivity index (χ4n) is 4.99. The van der Waals surface area contributed by atoms with Crippen LogP contribution in [0.4, 0.5) is 5.69 Å². The molecular formula is C27H40NO5PS. The van der Waals surface area contributed by atoms with Gasteiger partial charge in [-0.3, -0.25) is 9.36 Å². The number of hydrogen-bond donors (Lipinski definition) is 1. The van der Waals surface area contributed by atoms with E-state index in [1.165, 1.54) is 0 Å². The molecule has 2 aliphatic carbocycles. The van der Waals surface area contributed by atoms with Crippen LogP contribution in [0.25, 0.3) is 0 Å². The molecule has 2 aliphatic rings. The van der Waals surface area contributed by atoms with Crippen molar-refractivity contribution in [2.24, 2.45) is 17.3 Å². The topological polar surface area (TPSA) is 83.9 Å². The molecule has 8 heteroatoms. The van der Waals surface area contributed by atoms with Crippen molar-refractivity contribution in [3.8, 4) is 11.8 Å². The summed E-state index contributed by atoms with van der Waals surface area (Å²) in [7, 11) is -2.59. The largest absolute Gasteiger partial charge is 0.477 e. The summed E-state index contributed by atoms with van der Waals surface area (Å²) in [6, 6.07) is 1.69. The zero-order chi connectivity index (χ0) is 26.0. The Morgan fingerprint density at radius 2 is 1.69 bits per heavy atom. The van der Waals surface area contributed by atoms with E-state index in [1.807, 2.05) is 20.8 Å². The van der Waals surface area contributed by atoms with Crippen molar-refractivity contribution >= 4 is 36.3 Å². The molecular weight excluding hydrogens is 481 g/mol. The molecule has 0 aliphatic heterocycles. The fourth-order valence-corrected chi connectivity index (χ4v) is 6.76. The van der Waals surface area contributed by atoms with Crippen molar-refractivity contribution in [3.63, 3.8) is 0 Å². The van der Waals surface area contributed by atoms with Crippen molar-refractivity contribution < 1.29 is 23.8 Å². The molecule has 1 N–H and O–H groups in total. The van der Waals surface area contributed by atoms with Crippen LogP contribution in [-0.4, -0.2) is 42.5 Å². The van der Waals surface area contributed by atoms with Crippen LogP contribution >= 0.6 is 18.7 Å². The quantitative estimate of drug-likeness (QED) is 0.326. The third-order valence-corrected chi connectivity index (χ3v) is 8.57. The lowest BCUT2D eigenvalue weighted by atomic mass is 9.81. The van der Waals surface area contributed by atoms with E-state index in [0.29, 0.717) is 42.2 Å². The van der Waals surface area contributed by atoms with Crippen molar-refractivity contribution in [1.29, 1.82) is 0 Å². The summed E-state index contributed by atoms with van der Waals surface area (Å²) in [6.07, 6.45) is 6.41. The lowest BCUT2D eigenvalue weighted by molar-refractivity contribution is -0.124. The fraction of sp³-hybridized carbons (Fsp3) is 0.704. The Bertz CT molecular complexity index is 1020. The van der Waals surface area contributed by atoms with Gasteiger partial charge in [-0.15, -0.1) is 11.3 Å². The highest BCUT2D eigenvalue weighted by atomic mass is 32.1. The Morgan fingerprint density at radius 3 is 2.20 bits per heavy atom. The van der Waals surface area contributed by atoms with Gasteiger partial charge in [0.1, 0.15) is 4.88 Å². The highest BCUT2D eigenvalue weighted by Crippen LogP contribution is 2.44. The Labute approximate surface area is 214 Å². The zero-order valence-electron chi connectivity index (χ0n) is 21.9. The van der Waals surface area contributed by atoms with E-state index < -0.39 is 13.3 Å². The van der Waals surface area contributed by atoms with E-state index >= 15 is 0 Å². The van der Waals surface area contributed by atoms with E-state index in [2.05, 4.69) is 18.8 Å². The van der Waals surface area contributed by atoms with Gasteiger partial charge in [0, 0.05) is 30.7 Å². The SMILES string of the molecule is CC(C)(C)C#Cc1cc(N(C(=O)[C@H]2CC[C@H](C)CC2)[C@H]2CC[C@@H](OP(C)(C)=O)CC2)c(C(=O)O)s1. The highest BCUT2D eigenvalue weighted by molar-refractivity contribution is 7.57. The molecule has 1 heterocycles. The molecule has 0 radical (unpaired) electrons. The summed E-state index contributed by atoms with van der Waals surface area (Å²) in [5, 5.41) is 10.0. The number of carboxylic acids is 1. The number of anilines is 1. The van der Waals surface area contributed by atoms with Crippen LogP contribution in [0.1, 0.15) is 93.6 Å². The summed E-state index contributed by atoms with van der Waals surface area (Å²) in [4.78, 5) is 28.8. The number of hydrogen-bond acceptors (Lipinski definition) is 5. The van der Waals surface area contributed by atoms with Crippen molar-refractivity contribution in [1.82, 2.24) is 0 Å². The first-order valence-corrected chi connectivity index (χ1v) is 16.0. The maximum absolute atomic E-state index is 13.9. The molecule has 0 aromatic carbocycles.